The van der Waals surface area contributed by atoms with Crippen molar-refractivity contribution < 1.29 is 13.6 Å². The molecule has 1 aromatic carbocycles. The maximum atomic E-state index is 12.5. The van der Waals surface area contributed by atoms with Crippen molar-refractivity contribution in [1.82, 2.24) is 4.90 Å². The van der Waals surface area contributed by atoms with E-state index in [2.05, 4.69) is 5.32 Å². The number of hydrogen-bond donors (Lipinski definition) is 1. The maximum Gasteiger partial charge on any atom is 0.238 e. The minimum absolute atomic E-state index is 0.109. The molecular weight excluding hydrogens is 399 g/mol. The Labute approximate surface area is 165 Å². The second kappa shape index (κ2) is 8.64. The van der Waals surface area contributed by atoms with Crippen LogP contribution in [0.2, 0.25) is 15.1 Å². The van der Waals surface area contributed by atoms with Gasteiger partial charge in [0, 0.05) is 0 Å². The van der Waals surface area contributed by atoms with Gasteiger partial charge in [0.25, 0.3) is 0 Å². The molecule has 0 spiro atoms. The largest absolute Gasteiger partial charge is 0.468 e. The van der Waals surface area contributed by atoms with E-state index in [1.54, 1.807) is 24.7 Å². The summed E-state index contributed by atoms with van der Waals surface area (Å²) in [6.07, 6.45) is 3.19. The molecule has 0 unspecified atom stereocenters. The van der Waals surface area contributed by atoms with Crippen LogP contribution in [0.1, 0.15) is 11.5 Å². The van der Waals surface area contributed by atoms with Crippen LogP contribution >= 0.6 is 34.8 Å². The van der Waals surface area contributed by atoms with Crippen LogP contribution in [0.5, 0.6) is 0 Å². The molecule has 0 saturated carbocycles. The number of rotatable bonds is 7. The highest BCUT2D eigenvalue weighted by atomic mass is 35.5. The summed E-state index contributed by atoms with van der Waals surface area (Å²) in [5.41, 5.74) is 0.405. The van der Waals surface area contributed by atoms with Crippen LogP contribution < -0.4 is 5.32 Å². The molecule has 0 saturated heterocycles. The van der Waals surface area contributed by atoms with Crippen molar-refractivity contribution in [3.8, 4) is 0 Å². The molecule has 3 aromatic rings. The zero-order valence-electron chi connectivity index (χ0n) is 13.5. The quantitative estimate of drug-likeness (QED) is 0.522. The molecule has 1 N–H and O–H groups in total. The average Bonchev–Trinajstić information content (AvgIpc) is 3.26. The van der Waals surface area contributed by atoms with Gasteiger partial charge in [-0.15, -0.1) is 0 Å². The summed E-state index contributed by atoms with van der Waals surface area (Å²) >= 11 is 18.0. The number of furan rings is 2. The van der Waals surface area contributed by atoms with Crippen molar-refractivity contribution in [3.05, 3.63) is 75.5 Å². The van der Waals surface area contributed by atoms with Gasteiger partial charge in [-0.05, 0) is 36.4 Å². The van der Waals surface area contributed by atoms with E-state index in [0.29, 0.717) is 33.8 Å². The fourth-order valence-electron chi connectivity index (χ4n) is 2.42. The first-order chi connectivity index (χ1) is 12.5. The van der Waals surface area contributed by atoms with Gasteiger partial charge in [0.15, 0.2) is 0 Å². The van der Waals surface area contributed by atoms with Crippen molar-refractivity contribution in [2.45, 2.75) is 13.1 Å². The van der Waals surface area contributed by atoms with Crippen molar-refractivity contribution in [1.29, 1.82) is 0 Å². The molecule has 0 atom stereocenters. The van der Waals surface area contributed by atoms with Gasteiger partial charge in [-0.3, -0.25) is 9.69 Å². The zero-order chi connectivity index (χ0) is 18.5. The van der Waals surface area contributed by atoms with E-state index >= 15 is 0 Å². The zero-order valence-corrected chi connectivity index (χ0v) is 15.8. The lowest BCUT2D eigenvalue weighted by Crippen LogP contribution is -2.32. The lowest BCUT2D eigenvalue weighted by Gasteiger charge is -2.20. The van der Waals surface area contributed by atoms with Crippen LogP contribution in [0, 0.1) is 0 Å². The first-order valence-corrected chi connectivity index (χ1v) is 8.86. The molecule has 0 fully saturated rings. The van der Waals surface area contributed by atoms with Crippen molar-refractivity contribution >= 4 is 46.4 Å². The molecule has 3 rings (SSSR count). The number of amides is 1. The number of benzene rings is 1. The van der Waals surface area contributed by atoms with E-state index in [4.69, 9.17) is 43.6 Å². The number of halogens is 3. The lowest BCUT2D eigenvalue weighted by molar-refractivity contribution is -0.117. The highest BCUT2D eigenvalue weighted by Crippen LogP contribution is 2.32. The summed E-state index contributed by atoms with van der Waals surface area (Å²) in [5, 5.41) is 3.71. The van der Waals surface area contributed by atoms with Crippen molar-refractivity contribution in [2.24, 2.45) is 0 Å². The summed E-state index contributed by atoms with van der Waals surface area (Å²) in [5.74, 6) is 1.25. The first-order valence-electron chi connectivity index (χ1n) is 7.73. The fraction of sp³-hybridized carbons (Fsp3) is 0.167. The second-order valence-electron chi connectivity index (χ2n) is 5.60. The third-order valence-electron chi connectivity index (χ3n) is 3.57. The van der Waals surface area contributed by atoms with Gasteiger partial charge in [-0.25, -0.2) is 0 Å². The number of nitrogens with zero attached hydrogens (tertiary/aromatic N) is 1. The third-order valence-corrected chi connectivity index (χ3v) is 4.61. The Morgan fingerprint density at radius 2 is 1.50 bits per heavy atom. The Morgan fingerprint density at radius 3 is 2.04 bits per heavy atom. The van der Waals surface area contributed by atoms with E-state index in [1.165, 1.54) is 12.1 Å². The normalized spacial score (nSPS) is 11.1. The third kappa shape index (κ3) is 5.05. The lowest BCUT2D eigenvalue weighted by atomic mass is 10.3. The van der Waals surface area contributed by atoms with Gasteiger partial charge in [0.05, 0.1) is 52.9 Å². The topological polar surface area (TPSA) is 58.6 Å². The van der Waals surface area contributed by atoms with Gasteiger partial charge in [0.1, 0.15) is 11.5 Å². The number of hydrogen-bond acceptors (Lipinski definition) is 4. The van der Waals surface area contributed by atoms with E-state index in [9.17, 15) is 4.79 Å². The molecule has 0 aliphatic heterocycles. The highest BCUT2D eigenvalue weighted by Gasteiger charge is 2.16. The van der Waals surface area contributed by atoms with Crippen LogP contribution in [-0.2, 0) is 17.9 Å². The molecule has 0 bridgehead atoms. The molecular formula is C18H15Cl3N2O3. The monoisotopic (exact) mass is 412 g/mol. The summed E-state index contributed by atoms with van der Waals surface area (Å²) in [6, 6.07) is 10.3. The Morgan fingerprint density at radius 1 is 0.923 bits per heavy atom. The SMILES string of the molecule is O=C(CN(Cc1ccco1)Cc1ccco1)Nc1cc(Cl)c(Cl)cc1Cl. The minimum atomic E-state index is -0.247. The summed E-state index contributed by atoms with van der Waals surface area (Å²) in [6.45, 7) is 1.02. The van der Waals surface area contributed by atoms with E-state index in [0.717, 1.165) is 11.5 Å². The average molecular weight is 414 g/mol. The van der Waals surface area contributed by atoms with Crippen LogP contribution in [0.15, 0.2) is 57.8 Å². The summed E-state index contributed by atoms with van der Waals surface area (Å²) in [4.78, 5) is 14.4. The minimum Gasteiger partial charge on any atom is -0.468 e. The van der Waals surface area contributed by atoms with Crippen LogP contribution in [0.4, 0.5) is 5.69 Å². The van der Waals surface area contributed by atoms with Crippen LogP contribution in [0.3, 0.4) is 0 Å². The van der Waals surface area contributed by atoms with Crippen LogP contribution in [-0.4, -0.2) is 17.4 Å². The molecule has 0 aliphatic carbocycles. The number of carbonyl (C=O) groups is 1. The van der Waals surface area contributed by atoms with Gasteiger partial charge in [0.2, 0.25) is 5.91 Å². The van der Waals surface area contributed by atoms with Crippen molar-refractivity contribution in [3.63, 3.8) is 0 Å². The maximum absolute atomic E-state index is 12.5. The molecule has 2 aromatic heterocycles. The van der Waals surface area contributed by atoms with Gasteiger partial charge >= 0.3 is 0 Å². The number of carbonyl (C=O) groups excluding carboxylic acids is 1. The fourth-order valence-corrected chi connectivity index (χ4v) is 3.02. The number of nitrogens with one attached hydrogen (secondary N) is 1. The van der Waals surface area contributed by atoms with Crippen molar-refractivity contribution in [2.75, 3.05) is 11.9 Å². The van der Waals surface area contributed by atoms with E-state index in [-0.39, 0.29) is 12.5 Å². The Kier molecular flexibility index (Phi) is 6.27. The molecule has 0 radical (unpaired) electrons. The molecule has 2 heterocycles. The van der Waals surface area contributed by atoms with Gasteiger partial charge in [-0.2, -0.15) is 0 Å². The molecule has 136 valence electrons. The summed E-state index contributed by atoms with van der Waals surface area (Å²) in [7, 11) is 0. The number of anilines is 1. The Hall–Kier alpha value is -1.92. The Balaban J connectivity index is 1.69. The Bertz CT molecular complexity index is 828. The molecule has 8 heteroatoms. The highest BCUT2D eigenvalue weighted by molar-refractivity contribution is 6.44. The van der Waals surface area contributed by atoms with E-state index < -0.39 is 0 Å². The summed E-state index contributed by atoms with van der Waals surface area (Å²) < 4.78 is 10.7. The molecule has 1 amide bonds. The predicted molar refractivity (Wildman–Crippen MR) is 102 cm³/mol. The standard InChI is InChI=1S/C18H15Cl3N2O3/c19-14-7-16(21)17(8-15(14)20)22-18(24)11-23(9-12-3-1-5-25-12)10-13-4-2-6-26-13/h1-8H,9-11H2,(H,22,24). The van der Waals surface area contributed by atoms with Gasteiger partial charge < -0.3 is 14.2 Å². The molecule has 26 heavy (non-hydrogen) atoms. The smallest absolute Gasteiger partial charge is 0.238 e. The first kappa shape index (κ1) is 18.9. The molecule has 0 aliphatic rings. The predicted octanol–water partition coefficient (Wildman–Crippen LogP) is 5.47. The van der Waals surface area contributed by atoms with Crippen LogP contribution in [0.25, 0.3) is 0 Å². The van der Waals surface area contributed by atoms with E-state index in [1.807, 2.05) is 17.0 Å². The van der Waals surface area contributed by atoms with Gasteiger partial charge in [-0.1, -0.05) is 34.8 Å². The second-order valence-corrected chi connectivity index (χ2v) is 6.82. The molecule has 5 nitrogen and oxygen atoms in total.